The molecule has 3 heteroatoms. The van der Waals surface area contributed by atoms with Gasteiger partial charge >= 0.3 is 5.97 Å². The third kappa shape index (κ3) is 4.09. The van der Waals surface area contributed by atoms with Gasteiger partial charge in [0.2, 0.25) is 0 Å². The molecule has 14 heavy (non-hydrogen) atoms. The van der Waals surface area contributed by atoms with Gasteiger partial charge in [0.1, 0.15) is 0 Å². The Balaban J connectivity index is 2.24. The molecule has 2 unspecified atom stereocenters. The largest absolute Gasteiger partial charge is 0.469 e. The number of hydrogen-bond donors (Lipinski definition) is 1. The number of methoxy groups -OCH3 is 1. The lowest BCUT2D eigenvalue weighted by Gasteiger charge is -2.15. The van der Waals surface area contributed by atoms with E-state index in [2.05, 4.69) is 4.74 Å². The van der Waals surface area contributed by atoms with Gasteiger partial charge in [-0.05, 0) is 25.2 Å². The van der Waals surface area contributed by atoms with Gasteiger partial charge in [0.15, 0.2) is 0 Å². The van der Waals surface area contributed by atoms with Gasteiger partial charge in [0, 0.05) is 12.5 Å². The molecule has 2 atom stereocenters. The van der Waals surface area contributed by atoms with Gasteiger partial charge in [-0.25, -0.2) is 0 Å². The zero-order chi connectivity index (χ0) is 10.4. The molecule has 0 spiro atoms. The first kappa shape index (κ1) is 11.5. The van der Waals surface area contributed by atoms with Crippen LogP contribution in [0, 0.1) is 5.92 Å². The number of ether oxygens (including phenoxy) is 1. The highest BCUT2D eigenvalue weighted by Gasteiger charge is 2.18. The smallest absolute Gasteiger partial charge is 0.305 e. The maximum Gasteiger partial charge on any atom is 0.305 e. The van der Waals surface area contributed by atoms with Crippen molar-refractivity contribution in [3.8, 4) is 0 Å². The van der Waals surface area contributed by atoms with Gasteiger partial charge < -0.3 is 10.5 Å². The van der Waals surface area contributed by atoms with E-state index in [0.717, 1.165) is 19.3 Å². The molecule has 1 fully saturated rings. The van der Waals surface area contributed by atoms with E-state index in [0.29, 0.717) is 18.4 Å². The molecule has 0 aromatic carbocycles. The van der Waals surface area contributed by atoms with Crippen molar-refractivity contribution in [1.82, 2.24) is 0 Å². The summed E-state index contributed by atoms with van der Waals surface area (Å²) in [6.45, 7) is 0. The highest BCUT2D eigenvalue weighted by molar-refractivity contribution is 5.69. The number of nitrogens with two attached hydrogens (primary N) is 1. The summed E-state index contributed by atoms with van der Waals surface area (Å²) in [4.78, 5) is 11.0. The Morgan fingerprint density at radius 1 is 1.43 bits per heavy atom. The van der Waals surface area contributed by atoms with Gasteiger partial charge in [0.25, 0.3) is 0 Å². The Morgan fingerprint density at radius 3 is 2.86 bits per heavy atom. The highest BCUT2D eigenvalue weighted by atomic mass is 16.5. The molecule has 0 bridgehead atoms. The van der Waals surface area contributed by atoms with Gasteiger partial charge in [-0.3, -0.25) is 4.79 Å². The predicted molar refractivity (Wildman–Crippen MR) is 55.8 cm³/mol. The van der Waals surface area contributed by atoms with Crippen LogP contribution in [0.1, 0.15) is 44.9 Å². The van der Waals surface area contributed by atoms with Crippen molar-refractivity contribution in [2.24, 2.45) is 11.7 Å². The first-order valence-corrected chi connectivity index (χ1v) is 5.54. The molecule has 0 amide bonds. The molecular weight excluding hydrogens is 178 g/mol. The minimum absolute atomic E-state index is 0.0946. The summed E-state index contributed by atoms with van der Waals surface area (Å²) in [6, 6.07) is 0.347. The lowest BCUT2D eigenvalue weighted by Crippen LogP contribution is -2.21. The Kier molecular flexibility index (Phi) is 4.94. The molecule has 0 heterocycles. The summed E-state index contributed by atoms with van der Waals surface area (Å²) >= 11 is 0. The average molecular weight is 199 g/mol. The monoisotopic (exact) mass is 199 g/mol. The molecule has 0 saturated heterocycles. The summed E-state index contributed by atoms with van der Waals surface area (Å²) in [5, 5.41) is 0. The standard InChI is InChI=1S/C11H21NO2/c1-14-11(13)7-6-9-4-2-3-5-10(12)8-9/h9-10H,2-8,12H2,1H3. The SMILES string of the molecule is COC(=O)CCC1CCCCC(N)C1. The Hall–Kier alpha value is -0.570. The molecule has 1 aliphatic rings. The quantitative estimate of drug-likeness (QED) is 0.557. The van der Waals surface area contributed by atoms with Crippen molar-refractivity contribution in [3.63, 3.8) is 0 Å². The molecule has 1 rings (SSSR count). The maximum absolute atomic E-state index is 11.0. The van der Waals surface area contributed by atoms with Crippen LogP contribution in [0.2, 0.25) is 0 Å². The fourth-order valence-corrected chi connectivity index (χ4v) is 2.19. The molecule has 0 aromatic heterocycles. The molecule has 0 aliphatic heterocycles. The fraction of sp³-hybridized carbons (Fsp3) is 0.909. The van der Waals surface area contributed by atoms with E-state index in [9.17, 15) is 4.79 Å². The zero-order valence-corrected chi connectivity index (χ0v) is 9.00. The van der Waals surface area contributed by atoms with Crippen LogP contribution in [0.5, 0.6) is 0 Å². The second-order valence-corrected chi connectivity index (χ2v) is 4.26. The Labute approximate surface area is 86.0 Å². The second-order valence-electron chi connectivity index (χ2n) is 4.26. The highest BCUT2D eigenvalue weighted by Crippen LogP contribution is 2.25. The maximum atomic E-state index is 11.0. The summed E-state index contributed by atoms with van der Waals surface area (Å²) in [6.07, 6.45) is 7.46. The van der Waals surface area contributed by atoms with E-state index in [1.165, 1.54) is 26.4 Å². The van der Waals surface area contributed by atoms with Crippen LogP contribution < -0.4 is 5.73 Å². The molecule has 3 nitrogen and oxygen atoms in total. The molecule has 82 valence electrons. The lowest BCUT2D eigenvalue weighted by atomic mass is 9.93. The summed E-state index contributed by atoms with van der Waals surface area (Å²) in [5.41, 5.74) is 5.95. The van der Waals surface area contributed by atoms with E-state index in [4.69, 9.17) is 5.73 Å². The zero-order valence-electron chi connectivity index (χ0n) is 9.00. The van der Waals surface area contributed by atoms with Crippen molar-refractivity contribution in [2.75, 3.05) is 7.11 Å². The number of rotatable bonds is 3. The first-order chi connectivity index (χ1) is 6.72. The Bertz CT molecular complexity index is 182. The molecular formula is C11H21NO2. The number of esters is 1. The second kappa shape index (κ2) is 6.02. The predicted octanol–water partition coefficient (Wildman–Crippen LogP) is 1.85. The van der Waals surface area contributed by atoms with Gasteiger partial charge in [-0.2, -0.15) is 0 Å². The van der Waals surface area contributed by atoms with Crippen LogP contribution in [0.25, 0.3) is 0 Å². The van der Waals surface area contributed by atoms with E-state index >= 15 is 0 Å². The van der Waals surface area contributed by atoms with Crippen molar-refractivity contribution < 1.29 is 9.53 Å². The van der Waals surface area contributed by atoms with Gasteiger partial charge in [-0.1, -0.05) is 19.3 Å². The van der Waals surface area contributed by atoms with E-state index in [-0.39, 0.29) is 5.97 Å². The average Bonchev–Trinajstić information content (AvgIpc) is 2.39. The molecule has 0 radical (unpaired) electrons. The Morgan fingerprint density at radius 2 is 2.14 bits per heavy atom. The molecule has 2 N–H and O–H groups in total. The topological polar surface area (TPSA) is 52.3 Å². The van der Waals surface area contributed by atoms with Crippen LogP contribution in [0.4, 0.5) is 0 Å². The van der Waals surface area contributed by atoms with Crippen molar-refractivity contribution in [3.05, 3.63) is 0 Å². The fourth-order valence-electron chi connectivity index (χ4n) is 2.19. The van der Waals surface area contributed by atoms with Crippen molar-refractivity contribution in [1.29, 1.82) is 0 Å². The minimum atomic E-state index is -0.0946. The van der Waals surface area contributed by atoms with Crippen LogP contribution in [-0.2, 0) is 9.53 Å². The molecule has 1 aliphatic carbocycles. The summed E-state index contributed by atoms with van der Waals surface area (Å²) in [5.74, 6) is 0.536. The number of hydrogen-bond acceptors (Lipinski definition) is 3. The molecule has 0 aromatic rings. The third-order valence-electron chi connectivity index (χ3n) is 3.06. The normalized spacial score (nSPS) is 28.1. The minimum Gasteiger partial charge on any atom is -0.469 e. The van der Waals surface area contributed by atoms with Crippen LogP contribution >= 0.6 is 0 Å². The molecule has 1 saturated carbocycles. The van der Waals surface area contributed by atoms with E-state index < -0.39 is 0 Å². The third-order valence-corrected chi connectivity index (χ3v) is 3.06. The van der Waals surface area contributed by atoms with E-state index in [1.54, 1.807) is 0 Å². The van der Waals surface area contributed by atoms with Crippen molar-refractivity contribution in [2.45, 2.75) is 51.0 Å². The van der Waals surface area contributed by atoms with Crippen molar-refractivity contribution >= 4 is 5.97 Å². The number of carbonyl (C=O) groups is 1. The summed E-state index contributed by atoms with van der Waals surface area (Å²) < 4.78 is 4.63. The van der Waals surface area contributed by atoms with Gasteiger partial charge in [0.05, 0.1) is 7.11 Å². The number of carbonyl (C=O) groups excluding carboxylic acids is 1. The van der Waals surface area contributed by atoms with Crippen LogP contribution in [0.3, 0.4) is 0 Å². The van der Waals surface area contributed by atoms with Crippen LogP contribution in [0.15, 0.2) is 0 Å². The van der Waals surface area contributed by atoms with Gasteiger partial charge in [-0.15, -0.1) is 0 Å². The lowest BCUT2D eigenvalue weighted by molar-refractivity contribution is -0.141. The summed E-state index contributed by atoms with van der Waals surface area (Å²) in [7, 11) is 1.45. The van der Waals surface area contributed by atoms with Crippen LogP contribution in [-0.4, -0.2) is 19.1 Å². The van der Waals surface area contributed by atoms with E-state index in [1.807, 2.05) is 0 Å². The first-order valence-electron chi connectivity index (χ1n) is 5.54.